The molecule has 0 amide bonds. The number of anilines is 1. The van der Waals surface area contributed by atoms with Crippen molar-refractivity contribution < 1.29 is 17.9 Å². The van der Waals surface area contributed by atoms with E-state index in [-0.39, 0.29) is 10.7 Å². The van der Waals surface area contributed by atoms with E-state index in [0.29, 0.717) is 31.9 Å². The molecule has 8 heteroatoms. The maximum Gasteiger partial charge on any atom is 0.243 e. The topological polar surface area (TPSA) is 79.8 Å². The van der Waals surface area contributed by atoms with E-state index in [1.54, 1.807) is 18.2 Å². The van der Waals surface area contributed by atoms with Crippen LogP contribution in [0.1, 0.15) is 28.8 Å². The normalized spacial score (nSPS) is 17.6. The van der Waals surface area contributed by atoms with Crippen molar-refractivity contribution in [1.29, 1.82) is 0 Å². The maximum absolute atomic E-state index is 12.9. The van der Waals surface area contributed by atoms with Crippen molar-refractivity contribution in [1.82, 2.24) is 9.29 Å². The van der Waals surface area contributed by atoms with Gasteiger partial charge in [0.05, 0.1) is 23.6 Å². The predicted octanol–water partition coefficient (Wildman–Crippen LogP) is 3.75. The average Bonchev–Trinajstić information content (AvgIpc) is 3.43. The Bertz CT molecular complexity index is 1320. The highest BCUT2D eigenvalue weighted by molar-refractivity contribution is 7.89. The van der Waals surface area contributed by atoms with Crippen LogP contribution in [0.25, 0.3) is 17.0 Å². The summed E-state index contributed by atoms with van der Waals surface area (Å²) in [4.78, 5) is 20.2. The highest BCUT2D eigenvalue weighted by Gasteiger charge is 2.27. The van der Waals surface area contributed by atoms with Crippen LogP contribution in [0.5, 0.6) is 0 Å². The van der Waals surface area contributed by atoms with Gasteiger partial charge in [-0.2, -0.15) is 4.31 Å². The Kier molecular flexibility index (Phi) is 6.45. The van der Waals surface area contributed by atoms with E-state index in [9.17, 15) is 13.2 Å². The van der Waals surface area contributed by atoms with E-state index in [4.69, 9.17) is 9.72 Å². The summed E-state index contributed by atoms with van der Waals surface area (Å²) in [5.74, 6) is 0.643. The largest absolute Gasteiger partial charge is 0.378 e. The molecule has 2 fully saturated rings. The number of sulfonamides is 1. The third-order valence-corrected chi connectivity index (χ3v) is 8.21. The van der Waals surface area contributed by atoms with E-state index in [1.165, 1.54) is 22.5 Å². The van der Waals surface area contributed by atoms with Crippen LogP contribution in [-0.2, 0) is 14.8 Å². The van der Waals surface area contributed by atoms with Gasteiger partial charge in [-0.15, -0.1) is 0 Å². The van der Waals surface area contributed by atoms with Gasteiger partial charge in [-0.05, 0) is 61.4 Å². The second-order valence-corrected chi connectivity index (χ2v) is 10.5. The molecule has 176 valence electrons. The number of allylic oxidation sites excluding steroid dienone is 1. The summed E-state index contributed by atoms with van der Waals surface area (Å²) in [6.45, 7) is 3.88. The van der Waals surface area contributed by atoms with Gasteiger partial charge in [0, 0.05) is 42.7 Å². The first kappa shape index (κ1) is 22.7. The molecule has 2 aliphatic rings. The minimum Gasteiger partial charge on any atom is -0.378 e. The first-order chi connectivity index (χ1) is 16.5. The first-order valence-corrected chi connectivity index (χ1v) is 13.0. The number of pyridine rings is 1. The second kappa shape index (κ2) is 9.66. The van der Waals surface area contributed by atoms with Gasteiger partial charge in [-0.25, -0.2) is 13.4 Å². The van der Waals surface area contributed by atoms with Gasteiger partial charge < -0.3 is 9.64 Å². The third-order valence-electron chi connectivity index (χ3n) is 6.30. The standard InChI is InChI=1S/C26H27N3O4S/c30-25(20-7-10-23(11-8-20)34(31,32)29-13-3-4-14-29)12-9-22-19-21-5-1-2-6-24(21)27-26(22)28-15-17-33-18-16-28/h1-2,5-12,19H,3-4,13-18H2/b12-9-. The number of hydrogen-bond donors (Lipinski definition) is 0. The third kappa shape index (κ3) is 4.61. The number of hydrogen-bond acceptors (Lipinski definition) is 6. The van der Waals surface area contributed by atoms with Crippen molar-refractivity contribution in [2.24, 2.45) is 0 Å². The molecule has 0 bridgehead atoms. The zero-order chi connectivity index (χ0) is 23.5. The number of rotatable bonds is 6. The van der Waals surface area contributed by atoms with Crippen LogP contribution in [0.3, 0.4) is 0 Å². The maximum atomic E-state index is 12.9. The molecule has 1 aromatic heterocycles. The van der Waals surface area contributed by atoms with Gasteiger partial charge in [0.15, 0.2) is 5.78 Å². The van der Waals surface area contributed by atoms with Crippen LogP contribution in [-0.4, -0.2) is 62.9 Å². The smallest absolute Gasteiger partial charge is 0.243 e. The molecular formula is C26H27N3O4S. The SMILES string of the molecule is O=C(/C=C\c1cc2ccccc2nc1N1CCOCC1)c1ccc(S(=O)(=O)N2CCCC2)cc1. The van der Waals surface area contributed by atoms with Gasteiger partial charge in [-0.1, -0.05) is 18.2 Å². The van der Waals surface area contributed by atoms with Crippen molar-refractivity contribution in [3.8, 4) is 0 Å². The molecule has 0 radical (unpaired) electrons. The fourth-order valence-corrected chi connectivity index (χ4v) is 5.92. The molecule has 0 saturated carbocycles. The monoisotopic (exact) mass is 477 g/mol. The van der Waals surface area contributed by atoms with Crippen LogP contribution in [0, 0.1) is 0 Å². The van der Waals surface area contributed by atoms with Crippen LogP contribution < -0.4 is 4.90 Å². The molecule has 3 aromatic rings. The van der Waals surface area contributed by atoms with Gasteiger partial charge in [0.25, 0.3) is 0 Å². The molecule has 0 spiro atoms. The molecule has 0 N–H and O–H groups in total. The highest BCUT2D eigenvalue weighted by atomic mass is 32.2. The summed E-state index contributed by atoms with van der Waals surface area (Å²) in [6.07, 6.45) is 5.09. The number of carbonyl (C=O) groups excluding carboxylic acids is 1. The number of ether oxygens (including phenoxy) is 1. The molecule has 0 aliphatic carbocycles. The number of carbonyl (C=O) groups is 1. The van der Waals surface area contributed by atoms with Crippen molar-refractivity contribution in [2.45, 2.75) is 17.7 Å². The lowest BCUT2D eigenvalue weighted by Crippen LogP contribution is -2.37. The Morgan fingerprint density at radius 1 is 0.941 bits per heavy atom. The van der Waals surface area contributed by atoms with E-state index in [2.05, 4.69) is 4.90 Å². The first-order valence-electron chi connectivity index (χ1n) is 11.6. The predicted molar refractivity (Wildman–Crippen MR) is 133 cm³/mol. The summed E-state index contributed by atoms with van der Waals surface area (Å²) < 4.78 is 32.4. The Balaban J connectivity index is 1.40. The number of ketones is 1. The Morgan fingerprint density at radius 3 is 2.38 bits per heavy atom. The summed E-state index contributed by atoms with van der Waals surface area (Å²) in [6, 6.07) is 16.2. The minimum atomic E-state index is -3.50. The van der Waals surface area contributed by atoms with Gasteiger partial charge in [-0.3, -0.25) is 4.79 Å². The molecule has 7 nitrogen and oxygen atoms in total. The Labute approximate surface area is 199 Å². The molecule has 2 aromatic carbocycles. The van der Waals surface area contributed by atoms with Gasteiger partial charge in [0.2, 0.25) is 10.0 Å². The number of nitrogens with zero attached hydrogens (tertiary/aromatic N) is 3. The van der Waals surface area contributed by atoms with E-state index in [0.717, 1.165) is 48.2 Å². The quantitative estimate of drug-likeness (QED) is 0.397. The molecule has 0 unspecified atom stereocenters. The zero-order valence-corrected chi connectivity index (χ0v) is 19.7. The minimum absolute atomic E-state index is 0.189. The summed E-state index contributed by atoms with van der Waals surface area (Å²) in [5.41, 5.74) is 2.21. The second-order valence-electron chi connectivity index (χ2n) is 8.53. The van der Waals surface area contributed by atoms with E-state index >= 15 is 0 Å². The lowest BCUT2D eigenvalue weighted by Gasteiger charge is -2.29. The van der Waals surface area contributed by atoms with Crippen molar-refractivity contribution >= 4 is 38.6 Å². The molecule has 0 atom stereocenters. The molecular weight excluding hydrogens is 450 g/mol. The average molecular weight is 478 g/mol. The van der Waals surface area contributed by atoms with Crippen LogP contribution in [0.2, 0.25) is 0 Å². The van der Waals surface area contributed by atoms with Crippen molar-refractivity contribution in [3.05, 3.63) is 71.8 Å². The summed E-state index contributed by atoms with van der Waals surface area (Å²) >= 11 is 0. The van der Waals surface area contributed by atoms with E-state index < -0.39 is 10.0 Å². The van der Waals surface area contributed by atoms with Gasteiger partial charge in [0.1, 0.15) is 5.82 Å². The number of aromatic nitrogens is 1. The number of fused-ring (bicyclic) bond motifs is 1. The summed E-state index contributed by atoms with van der Waals surface area (Å²) in [5, 5.41) is 1.00. The fourth-order valence-electron chi connectivity index (χ4n) is 4.40. The highest BCUT2D eigenvalue weighted by Crippen LogP contribution is 2.26. The lowest BCUT2D eigenvalue weighted by atomic mass is 10.1. The summed E-state index contributed by atoms with van der Waals surface area (Å²) in [7, 11) is -3.50. The Hall–Kier alpha value is -3.07. The molecule has 5 rings (SSSR count). The van der Waals surface area contributed by atoms with Crippen molar-refractivity contribution in [2.75, 3.05) is 44.3 Å². The zero-order valence-electron chi connectivity index (χ0n) is 18.9. The fraction of sp³-hybridized carbons (Fsp3) is 0.308. The molecule has 34 heavy (non-hydrogen) atoms. The molecule has 3 heterocycles. The number of morpholine rings is 1. The van der Waals surface area contributed by atoms with E-state index in [1.807, 2.05) is 30.3 Å². The van der Waals surface area contributed by atoms with Crippen molar-refractivity contribution in [3.63, 3.8) is 0 Å². The van der Waals surface area contributed by atoms with Crippen LogP contribution in [0.4, 0.5) is 5.82 Å². The Morgan fingerprint density at radius 2 is 1.65 bits per heavy atom. The molecule has 2 saturated heterocycles. The van der Waals surface area contributed by atoms with Gasteiger partial charge >= 0.3 is 0 Å². The van der Waals surface area contributed by atoms with Crippen LogP contribution >= 0.6 is 0 Å². The molecule has 2 aliphatic heterocycles. The van der Waals surface area contributed by atoms with Crippen LogP contribution in [0.15, 0.2) is 65.6 Å². The number of para-hydroxylation sites is 1. The lowest BCUT2D eigenvalue weighted by molar-refractivity contribution is 0.104. The number of benzene rings is 2.